The van der Waals surface area contributed by atoms with Gasteiger partial charge in [-0.25, -0.2) is 8.42 Å². The molecule has 5 nitrogen and oxygen atoms in total. The first-order valence-electron chi connectivity index (χ1n) is 10.0. The van der Waals surface area contributed by atoms with Crippen molar-refractivity contribution in [3.8, 4) is 0 Å². The van der Waals surface area contributed by atoms with Crippen molar-refractivity contribution in [2.75, 3.05) is 13.1 Å². The summed E-state index contributed by atoms with van der Waals surface area (Å²) in [6.07, 6.45) is 3.86. The molecule has 0 saturated carbocycles. The third kappa shape index (κ3) is 5.90. The number of nitrogens with one attached hydrogen (secondary N) is 1. The molecule has 0 radical (unpaired) electrons. The fourth-order valence-corrected chi connectivity index (χ4v) is 5.45. The summed E-state index contributed by atoms with van der Waals surface area (Å²) >= 11 is 3.44. The molecule has 156 valence electrons. The van der Waals surface area contributed by atoms with E-state index in [9.17, 15) is 13.2 Å². The molecule has 0 aliphatic carbocycles. The second kappa shape index (κ2) is 9.87. The minimum Gasteiger partial charge on any atom is -0.350 e. The summed E-state index contributed by atoms with van der Waals surface area (Å²) in [7, 11) is -3.41. The zero-order valence-electron chi connectivity index (χ0n) is 16.6. The topological polar surface area (TPSA) is 66.5 Å². The molecule has 1 heterocycles. The summed E-state index contributed by atoms with van der Waals surface area (Å²) in [5, 5.41) is 3.01. The Labute approximate surface area is 181 Å². The molecule has 0 bridgehead atoms. The van der Waals surface area contributed by atoms with Crippen LogP contribution in [0, 0.1) is 0 Å². The van der Waals surface area contributed by atoms with Crippen molar-refractivity contribution >= 4 is 31.9 Å². The first kappa shape index (κ1) is 22.0. The van der Waals surface area contributed by atoms with Crippen LogP contribution in [0.2, 0.25) is 0 Å². The van der Waals surface area contributed by atoms with E-state index >= 15 is 0 Å². The van der Waals surface area contributed by atoms with Crippen molar-refractivity contribution in [1.82, 2.24) is 9.62 Å². The number of hydrogen-bond acceptors (Lipinski definition) is 3. The number of aryl methyl sites for hydroxylation is 1. The Morgan fingerprint density at radius 3 is 2.45 bits per heavy atom. The van der Waals surface area contributed by atoms with Crippen LogP contribution in [0.4, 0.5) is 0 Å². The molecular formula is C22H27BrN2O3S. The zero-order valence-corrected chi connectivity index (χ0v) is 19.0. The van der Waals surface area contributed by atoms with E-state index < -0.39 is 10.0 Å². The number of rotatable bonds is 7. The Bertz CT molecular complexity index is 939. The Kier molecular flexibility index (Phi) is 7.49. The van der Waals surface area contributed by atoms with Crippen LogP contribution in [-0.2, 0) is 21.2 Å². The minimum absolute atomic E-state index is 0.0255. The molecule has 1 fully saturated rings. The molecule has 1 amide bonds. The van der Waals surface area contributed by atoms with Gasteiger partial charge in [0, 0.05) is 24.0 Å². The predicted octanol–water partition coefficient (Wildman–Crippen LogP) is 4.43. The Morgan fingerprint density at radius 1 is 1.10 bits per heavy atom. The monoisotopic (exact) mass is 478 g/mol. The van der Waals surface area contributed by atoms with E-state index in [1.807, 2.05) is 43.3 Å². The molecular weight excluding hydrogens is 452 g/mol. The van der Waals surface area contributed by atoms with E-state index in [-0.39, 0.29) is 11.9 Å². The fraction of sp³-hybridized carbons (Fsp3) is 0.409. The lowest BCUT2D eigenvalue weighted by atomic mass is 10.1. The number of carbonyl (C=O) groups is 1. The van der Waals surface area contributed by atoms with Crippen LogP contribution in [0.15, 0.2) is 57.9 Å². The van der Waals surface area contributed by atoms with Gasteiger partial charge in [0.2, 0.25) is 15.9 Å². The number of sulfonamides is 1. The molecule has 1 aliphatic heterocycles. The summed E-state index contributed by atoms with van der Waals surface area (Å²) in [6, 6.07) is 14.7. The molecule has 0 spiro atoms. The molecule has 1 atom stereocenters. The highest BCUT2D eigenvalue weighted by Gasteiger charge is 2.25. The summed E-state index contributed by atoms with van der Waals surface area (Å²) < 4.78 is 28.0. The Hall–Kier alpha value is -1.70. The number of hydrogen-bond donors (Lipinski definition) is 1. The van der Waals surface area contributed by atoms with Crippen molar-refractivity contribution in [2.45, 2.75) is 50.0 Å². The third-order valence-electron chi connectivity index (χ3n) is 5.24. The van der Waals surface area contributed by atoms with E-state index in [1.165, 1.54) is 0 Å². The average Bonchev–Trinajstić information content (AvgIpc) is 2.73. The largest absolute Gasteiger partial charge is 0.350 e. The molecule has 1 saturated heterocycles. The van der Waals surface area contributed by atoms with Crippen LogP contribution in [-0.4, -0.2) is 31.7 Å². The number of carbonyl (C=O) groups excluding carboxylic acids is 1. The van der Waals surface area contributed by atoms with Crippen molar-refractivity contribution in [2.24, 2.45) is 0 Å². The molecule has 3 rings (SSSR count). The SMILES string of the molecule is CC(NC(=O)CCc1ccc(S(=O)(=O)N2CCCCC2)cc1)c1cccc(Br)c1. The first-order chi connectivity index (χ1) is 13.9. The lowest BCUT2D eigenvalue weighted by Gasteiger charge is -2.25. The van der Waals surface area contributed by atoms with Crippen LogP contribution >= 0.6 is 15.9 Å². The van der Waals surface area contributed by atoms with Crippen LogP contribution in [0.25, 0.3) is 0 Å². The van der Waals surface area contributed by atoms with Crippen molar-refractivity contribution < 1.29 is 13.2 Å². The molecule has 29 heavy (non-hydrogen) atoms. The van der Waals surface area contributed by atoms with E-state index in [1.54, 1.807) is 16.4 Å². The molecule has 2 aromatic carbocycles. The summed E-state index contributed by atoms with van der Waals surface area (Å²) in [4.78, 5) is 12.6. The fourth-order valence-electron chi connectivity index (χ4n) is 3.51. The second-order valence-corrected chi connectivity index (χ2v) is 10.3. The van der Waals surface area contributed by atoms with Gasteiger partial charge in [-0.3, -0.25) is 4.79 Å². The van der Waals surface area contributed by atoms with Gasteiger partial charge in [-0.05, 0) is 61.6 Å². The van der Waals surface area contributed by atoms with Crippen molar-refractivity contribution in [3.63, 3.8) is 0 Å². The molecule has 0 aromatic heterocycles. The number of benzene rings is 2. The van der Waals surface area contributed by atoms with Gasteiger partial charge in [0.25, 0.3) is 0 Å². The Balaban J connectivity index is 1.54. The van der Waals surface area contributed by atoms with Crippen LogP contribution in [0.1, 0.15) is 49.8 Å². The second-order valence-electron chi connectivity index (χ2n) is 7.45. The highest BCUT2D eigenvalue weighted by molar-refractivity contribution is 9.10. The van der Waals surface area contributed by atoms with Crippen molar-refractivity contribution in [1.29, 1.82) is 0 Å². The standard InChI is InChI=1S/C22H27BrN2O3S/c1-17(19-6-5-7-20(23)16-19)24-22(26)13-10-18-8-11-21(12-9-18)29(27,28)25-14-3-2-4-15-25/h5-9,11-12,16-17H,2-4,10,13-15H2,1H3,(H,24,26). The van der Waals surface area contributed by atoms with Gasteiger partial charge in [0.15, 0.2) is 0 Å². The average molecular weight is 479 g/mol. The third-order valence-corrected chi connectivity index (χ3v) is 7.65. The summed E-state index contributed by atoms with van der Waals surface area (Å²) in [5.74, 6) is -0.0255. The molecule has 7 heteroatoms. The molecule has 1 aliphatic rings. The lowest BCUT2D eigenvalue weighted by molar-refractivity contribution is -0.121. The van der Waals surface area contributed by atoms with Gasteiger partial charge in [0.05, 0.1) is 10.9 Å². The van der Waals surface area contributed by atoms with Gasteiger partial charge in [-0.15, -0.1) is 0 Å². The van der Waals surface area contributed by atoms with Crippen LogP contribution in [0.3, 0.4) is 0 Å². The number of nitrogens with zero attached hydrogens (tertiary/aromatic N) is 1. The van der Waals surface area contributed by atoms with E-state index in [0.717, 1.165) is 34.9 Å². The molecule has 1 N–H and O–H groups in total. The lowest BCUT2D eigenvalue weighted by Crippen LogP contribution is -2.35. The smallest absolute Gasteiger partial charge is 0.243 e. The van der Waals surface area contributed by atoms with Gasteiger partial charge in [-0.1, -0.05) is 46.6 Å². The maximum Gasteiger partial charge on any atom is 0.243 e. The molecule has 2 aromatic rings. The van der Waals surface area contributed by atoms with Gasteiger partial charge < -0.3 is 5.32 Å². The normalized spacial score (nSPS) is 16.3. The van der Waals surface area contributed by atoms with Crippen LogP contribution < -0.4 is 5.32 Å². The van der Waals surface area contributed by atoms with Crippen LogP contribution in [0.5, 0.6) is 0 Å². The maximum absolute atomic E-state index is 12.7. The maximum atomic E-state index is 12.7. The quantitative estimate of drug-likeness (QED) is 0.639. The van der Waals surface area contributed by atoms with E-state index in [2.05, 4.69) is 21.2 Å². The van der Waals surface area contributed by atoms with E-state index in [0.29, 0.717) is 30.8 Å². The van der Waals surface area contributed by atoms with Crippen molar-refractivity contribution in [3.05, 3.63) is 64.1 Å². The minimum atomic E-state index is -3.41. The zero-order chi connectivity index (χ0) is 20.9. The van der Waals surface area contributed by atoms with E-state index in [4.69, 9.17) is 0 Å². The predicted molar refractivity (Wildman–Crippen MR) is 118 cm³/mol. The highest BCUT2D eigenvalue weighted by atomic mass is 79.9. The van der Waals surface area contributed by atoms with Gasteiger partial charge in [-0.2, -0.15) is 4.31 Å². The molecule has 1 unspecified atom stereocenters. The summed E-state index contributed by atoms with van der Waals surface area (Å²) in [6.45, 7) is 3.15. The number of amides is 1. The number of halogens is 1. The van der Waals surface area contributed by atoms with Gasteiger partial charge in [0.1, 0.15) is 0 Å². The Morgan fingerprint density at radius 2 is 1.79 bits per heavy atom. The highest BCUT2D eigenvalue weighted by Crippen LogP contribution is 2.21. The number of piperidine rings is 1. The summed E-state index contributed by atoms with van der Waals surface area (Å²) in [5.41, 5.74) is 1.99. The first-order valence-corrected chi connectivity index (χ1v) is 12.2. The van der Waals surface area contributed by atoms with Gasteiger partial charge >= 0.3 is 0 Å².